The molecule has 0 spiro atoms. The van der Waals surface area contributed by atoms with Crippen LogP contribution >= 0.6 is 0 Å². The van der Waals surface area contributed by atoms with Crippen LogP contribution in [0, 0.1) is 6.67 Å². The van der Waals surface area contributed by atoms with Crippen molar-refractivity contribution < 1.29 is 0 Å². The Bertz CT molecular complexity index is 26.5. The van der Waals surface area contributed by atoms with Crippen molar-refractivity contribution in [1.29, 1.82) is 0 Å². The smallest absolute Gasteiger partial charge is 0.100 e. The van der Waals surface area contributed by atoms with E-state index in [9.17, 15) is 0 Å². The molecule has 1 aliphatic rings. The van der Waals surface area contributed by atoms with Crippen LogP contribution in [0.25, 0.3) is 0 Å². The van der Waals surface area contributed by atoms with E-state index in [0.29, 0.717) is 0 Å². The fraction of sp³-hybridized carbons (Fsp3) is 0.750. The van der Waals surface area contributed by atoms with E-state index in [1.807, 2.05) is 6.67 Å². The minimum absolute atomic E-state index is 1.05. The Hall–Kier alpha value is -0.120. The second-order valence-corrected chi connectivity index (χ2v) is 1.52. The van der Waals surface area contributed by atoms with Gasteiger partial charge in [0.2, 0.25) is 0 Å². The molecule has 0 aromatic heterocycles. The number of rotatable bonds is 0. The fourth-order valence-corrected chi connectivity index (χ4v) is 0.525. The van der Waals surface area contributed by atoms with Crippen molar-refractivity contribution in [1.82, 2.24) is 16.2 Å². The van der Waals surface area contributed by atoms with E-state index in [0.717, 1.165) is 13.1 Å². The average molecular weight is 100 g/mol. The Labute approximate surface area is 43.4 Å². The summed E-state index contributed by atoms with van der Waals surface area (Å²) in [6, 6.07) is 0. The summed E-state index contributed by atoms with van der Waals surface area (Å²) in [6.07, 6.45) is 1.18. The second-order valence-electron chi connectivity index (χ2n) is 1.52. The molecule has 0 atom stereocenters. The summed E-state index contributed by atoms with van der Waals surface area (Å²) >= 11 is 0. The highest BCUT2D eigenvalue weighted by Gasteiger charge is 1.91. The molecule has 3 heteroatoms. The third kappa shape index (κ3) is 1.87. The first-order valence-corrected chi connectivity index (χ1v) is 2.53. The zero-order chi connectivity index (χ0) is 4.95. The van der Waals surface area contributed by atoms with Gasteiger partial charge in [0.1, 0.15) is 6.67 Å². The van der Waals surface area contributed by atoms with Crippen LogP contribution in [-0.2, 0) is 0 Å². The van der Waals surface area contributed by atoms with Crippen LogP contribution in [0.1, 0.15) is 6.42 Å². The first-order valence-electron chi connectivity index (χ1n) is 2.53. The summed E-state index contributed by atoms with van der Waals surface area (Å²) < 4.78 is 0. The predicted octanol–water partition coefficient (Wildman–Crippen LogP) is -0.807. The number of hydrogen-bond donors (Lipinski definition) is 3. The van der Waals surface area contributed by atoms with Crippen molar-refractivity contribution in [2.45, 2.75) is 6.42 Å². The van der Waals surface area contributed by atoms with Crippen LogP contribution in [0.2, 0.25) is 0 Å². The maximum atomic E-state index is 3.05. The van der Waals surface area contributed by atoms with Gasteiger partial charge in [-0.1, -0.05) is 0 Å². The molecule has 1 radical (unpaired) electrons. The van der Waals surface area contributed by atoms with Gasteiger partial charge in [-0.2, -0.15) is 0 Å². The van der Waals surface area contributed by atoms with Gasteiger partial charge in [0.15, 0.2) is 0 Å². The van der Waals surface area contributed by atoms with Crippen molar-refractivity contribution in [3.63, 3.8) is 0 Å². The molecule has 0 aromatic rings. The molecule has 1 fully saturated rings. The van der Waals surface area contributed by atoms with Gasteiger partial charge in [-0.15, -0.1) is 0 Å². The summed E-state index contributed by atoms with van der Waals surface area (Å²) in [5, 5.41) is 3.05. The molecule has 0 aliphatic carbocycles. The van der Waals surface area contributed by atoms with Gasteiger partial charge in [0.05, 0.1) is 0 Å². The lowest BCUT2D eigenvalue weighted by molar-refractivity contribution is 0.611. The van der Waals surface area contributed by atoms with E-state index in [1.165, 1.54) is 6.42 Å². The topological polar surface area (TPSA) is 36.1 Å². The monoisotopic (exact) mass is 100 g/mol. The van der Waals surface area contributed by atoms with Crippen molar-refractivity contribution in [2.24, 2.45) is 0 Å². The van der Waals surface area contributed by atoms with Crippen LogP contribution in [0.4, 0.5) is 0 Å². The molecule has 7 heavy (non-hydrogen) atoms. The number of hydrazine groups is 1. The van der Waals surface area contributed by atoms with Gasteiger partial charge in [-0.25, -0.2) is 5.43 Å². The summed E-state index contributed by atoms with van der Waals surface area (Å²) in [5.41, 5.74) is 5.84. The van der Waals surface area contributed by atoms with Crippen LogP contribution in [-0.4, -0.2) is 13.1 Å². The summed E-state index contributed by atoms with van der Waals surface area (Å²) in [6.45, 7) is 3.93. The molecule has 1 saturated heterocycles. The van der Waals surface area contributed by atoms with E-state index >= 15 is 0 Å². The highest BCUT2D eigenvalue weighted by atomic mass is 15.4. The molecular formula is C4H10N3. The first-order chi connectivity index (χ1) is 3.50. The number of nitrogens with one attached hydrogen (secondary N) is 3. The third-order valence-corrected chi connectivity index (χ3v) is 0.899. The Balaban J connectivity index is 2.04. The molecule has 0 bridgehead atoms. The van der Waals surface area contributed by atoms with Crippen LogP contribution in [0.3, 0.4) is 0 Å². The summed E-state index contributed by atoms with van der Waals surface area (Å²) in [7, 11) is 0. The molecule has 0 aromatic carbocycles. The zero-order valence-electron chi connectivity index (χ0n) is 4.20. The molecule has 0 saturated carbocycles. The lowest BCUT2D eigenvalue weighted by Gasteiger charge is -1.95. The molecule has 3 nitrogen and oxygen atoms in total. The van der Waals surface area contributed by atoms with E-state index in [4.69, 9.17) is 0 Å². The molecular weight excluding hydrogens is 90.1 g/mol. The van der Waals surface area contributed by atoms with Gasteiger partial charge in [0.25, 0.3) is 0 Å². The van der Waals surface area contributed by atoms with E-state index in [1.54, 1.807) is 0 Å². The van der Waals surface area contributed by atoms with E-state index in [2.05, 4.69) is 16.2 Å². The molecule has 1 aliphatic heterocycles. The standard InChI is InChI=1S/C4H10N3/c1-2-5-4-7-6-3-1/h4-7H,1-3H2. The van der Waals surface area contributed by atoms with Crippen LogP contribution in [0.5, 0.6) is 0 Å². The molecule has 1 heterocycles. The SMILES string of the molecule is [CH]1NCCCNN1. The Kier molecular flexibility index (Phi) is 2.12. The summed E-state index contributed by atoms with van der Waals surface area (Å²) in [5.74, 6) is 0. The molecule has 41 valence electrons. The van der Waals surface area contributed by atoms with Gasteiger partial charge >= 0.3 is 0 Å². The molecule has 0 amide bonds. The van der Waals surface area contributed by atoms with Gasteiger partial charge < -0.3 is 0 Å². The quantitative estimate of drug-likeness (QED) is 0.373. The summed E-state index contributed by atoms with van der Waals surface area (Å²) in [4.78, 5) is 0. The third-order valence-electron chi connectivity index (χ3n) is 0.899. The maximum absolute atomic E-state index is 3.05. The minimum atomic E-state index is 1.05. The lowest BCUT2D eigenvalue weighted by atomic mass is 10.4. The van der Waals surface area contributed by atoms with Crippen molar-refractivity contribution in [3.05, 3.63) is 6.67 Å². The predicted molar refractivity (Wildman–Crippen MR) is 28.1 cm³/mol. The van der Waals surface area contributed by atoms with E-state index < -0.39 is 0 Å². The van der Waals surface area contributed by atoms with Crippen LogP contribution in [0.15, 0.2) is 0 Å². The Morgan fingerprint density at radius 1 is 1.29 bits per heavy atom. The molecule has 3 N–H and O–H groups in total. The second kappa shape index (κ2) is 2.96. The number of hydrogen-bond acceptors (Lipinski definition) is 3. The van der Waals surface area contributed by atoms with Crippen molar-refractivity contribution >= 4 is 0 Å². The van der Waals surface area contributed by atoms with Gasteiger partial charge in [-0.3, -0.25) is 10.7 Å². The highest BCUT2D eigenvalue weighted by molar-refractivity contribution is 4.60. The van der Waals surface area contributed by atoms with Crippen LogP contribution < -0.4 is 16.2 Å². The van der Waals surface area contributed by atoms with E-state index in [-0.39, 0.29) is 0 Å². The Morgan fingerprint density at radius 2 is 2.29 bits per heavy atom. The normalized spacial score (nSPS) is 24.0. The first kappa shape index (κ1) is 5.03. The fourth-order valence-electron chi connectivity index (χ4n) is 0.525. The van der Waals surface area contributed by atoms with Gasteiger partial charge in [0, 0.05) is 6.54 Å². The highest BCUT2D eigenvalue weighted by Crippen LogP contribution is 1.74. The van der Waals surface area contributed by atoms with Crippen molar-refractivity contribution in [3.8, 4) is 0 Å². The van der Waals surface area contributed by atoms with Gasteiger partial charge in [-0.05, 0) is 13.0 Å². The largest absolute Gasteiger partial charge is 0.298 e. The average Bonchev–Trinajstić information content (AvgIpc) is 1.90. The molecule has 1 rings (SSSR count). The van der Waals surface area contributed by atoms with Crippen molar-refractivity contribution in [2.75, 3.05) is 13.1 Å². The minimum Gasteiger partial charge on any atom is -0.298 e. The molecule has 0 unspecified atom stereocenters. The Morgan fingerprint density at radius 3 is 3.29 bits per heavy atom. The maximum Gasteiger partial charge on any atom is 0.100 e. The lowest BCUT2D eigenvalue weighted by Crippen LogP contribution is -2.30. The zero-order valence-corrected chi connectivity index (χ0v) is 4.20.